The highest BCUT2D eigenvalue weighted by molar-refractivity contribution is 7.58. The lowest BCUT2D eigenvalue weighted by atomic mass is 9.87. The van der Waals surface area contributed by atoms with Crippen LogP contribution in [0.15, 0.2) is 0 Å². The average molecular weight is 736 g/mol. The molecule has 0 N–H and O–H groups in total. The van der Waals surface area contributed by atoms with Gasteiger partial charge in [-0.1, -0.05) is 0 Å². The van der Waals surface area contributed by atoms with Crippen LogP contribution >= 0.6 is 0 Å². The third-order valence-corrected chi connectivity index (χ3v) is 18.1. The highest BCUT2D eigenvalue weighted by Crippen LogP contribution is 2.67. The van der Waals surface area contributed by atoms with E-state index in [2.05, 4.69) is 0 Å². The van der Waals surface area contributed by atoms with Crippen LogP contribution in [0.3, 0.4) is 0 Å². The molecule has 0 aromatic heterocycles. The van der Waals surface area contributed by atoms with E-state index in [4.69, 9.17) is 0 Å². The molecular weight excluding hydrogens is 736 g/mol. The van der Waals surface area contributed by atoms with Gasteiger partial charge in [0.15, 0.2) is 0 Å². The van der Waals surface area contributed by atoms with Gasteiger partial charge in [-0.2, -0.15) is 92.2 Å². The van der Waals surface area contributed by atoms with Gasteiger partial charge in [0.05, 0.1) is 0 Å². The van der Waals surface area contributed by atoms with Crippen molar-refractivity contribution >= 4 is 24.6 Å². The molecular formula is C10F28Si3. The first kappa shape index (κ1) is 39.7. The van der Waals surface area contributed by atoms with Crippen molar-refractivity contribution < 1.29 is 121 Å². The lowest BCUT2D eigenvalue weighted by molar-refractivity contribution is -0.472. The van der Waals surface area contributed by atoms with Crippen LogP contribution in [0, 0.1) is 0 Å². The lowest BCUT2D eigenvalue weighted by Gasteiger charge is -2.45. The maximum Gasteiger partial charge on any atom is 0.664 e. The van der Waals surface area contributed by atoms with Crippen molar-refractivity contribution in [2.24, 2.45) is 0 Å². The van der Waals surface area contributed by atoms with Crippen molar-refractivity contribution in [1.82, 2.24) is 0 Å². The summed E-state index contributed by atoms with van der Waals surface area (Å²) < 4.78 is 363. The van der Waals surface area contributed by atoms with Crippen LogP contribution in [0.5, 0.6) is 0 Å². The maximum atomic E-state index is 13.5. The van der Waals surface area contributed by atoms with Crippen molar-refractivity contribution in [1.29, 1.82) is 0 Å². The highest BCUT2D eigenvalue weighted by Gasteiger charge is 3.02. The molecule has 0 unspecified atom stereocenters. The van der Waals surface area contributed by atoms with Crippen LogP contribution in [0.4, 0.5) is 121 Å². The van der Waals surface area contributed by atoms with E-state index in [1.54, 1.807) is 0 Å². The van der Waals surface area contributed by atoms with Crippen molar-refractivity contribution in [3.63, 3.8) is 0 Å². The summed E-state index contributed by atoms with van der Waals surface area (Å²) >= 11 is 0. The van der Waals surface area contributed by atoms with E-state index in [1.165, 1.54) is 0 Å². The molecule has 0 spiro atoms. The third-order valence-electron chi connectivity index (χ3n) is 4.66. The Morgan fingerprint density at radius 1 is 0.268 bits per heavy atom. The molecule has 0 saturated heterocycles. The highest BCUT2D eigenvalue weighted by atomic mass is 29.7. The van der Waals surface area contributed by atoms with E-state index in [-0.39, 0.29) is 0 Å². The Morgan fingerprint density at radius 2 is 0.463 bits per heavy atom. The molecule has 0 bridgehead atoms. The summed E-state index contributed by atoms with van der Waals surface area (Å²) in [6.07, 6.45) is -8.24. The Labute approximate surface area is 206 Å². The molecule has 0 aliphatic heterocycles. The first-order chi connectivity index (χ1) is 17.0. The van der Waals surface area contributed by atoms with Crippen LogP contribution in [-0.2, 0) is 0 Å². The van der Waals surface area contributed by atoms with Gasteiger partial charge in [-0.15, -0.1) is 0 Å². The summed E-state index contributed by atoms with van der Waals surface area (Å²) in [5.74, 6) is -75.9. The zero-order valence-corrected chi connectivity index (χ0v) is 20.1. The van der Waals surface area contributed by atoms with Gasteiger partial charge in [-0.05, 0) is 0 Å². The number of halogens is 28. The van der Waals surface area contributed by atoms with Gasteiger partial charge >= 0.3 is 83.7 Å². The van der Waals surface area contributed by atoms with Crippen molar-refractivity contribution in [3.8, 4) is 0 Å². The average Bonchev–Trinajstić information content (AvgIpc) is 2.70. The number of hydrogen-bond donors (Lipinski definition) is 0. The molecule has 0 aromatic rings. The van der Waals surface area contributed by atoms with Gasteiger partial charge in [0.2, 0.25) is 0 Å². The lowest BCUT2D eigenvalue weighted by Crippen LogP contribution is -2.81. The summed E-state index contributed by atoms with van der Waals surface area (Å²) in [6.45, 7) is 0. The fourth-order valence-electron chi connectivity index (χ4n) is 2.13. The minimum absolute atomic E-state index is 8.24. The van der Waals surface area contributed by atoms with E-state index in [1.807, 2.05) is 0 Å². The molecule has 0 fully saturated rings. The van der Waals surface area contributed by atoms with E-state index in [0.717, 1.165) is 0 Å². The maximum absolute atomic E-state index is 13.5. The number of hydrogen-bond acceptors (Lipinski definition) is 0. The SMILES string of the molecule is FC(F)(F)C(F)(F)C(F)(F)C(F)(F)C(F)(F)C(F)(F)C(F)(F)C(F)(F)C(F)(F)C(F)(F)[Si](F)(F)[Si](F)(F)[Si](F)(F)F. The van der Waals surface area contributed by atoms with Gasteiger partial charge in [0, 0.05) is 0 Å². The van der Waals surface area contributed by atoms with E-state index in [0.29, 0.717) is 0 Å². The van der Waals surface area contributed by atoms with Crippen LogP contribution in [0.25, 0.3) is 0 Å². The van der Waals surface area contributed by atoms with Crippen LogP contribution < -0.4 is 0 Å². The monoisotopic (exact) mass is 736 g/mol. The van der Waals surface area contributed by atoms with Crippen LogP contribution in [0.1, 0.15) is 0 Å². The molecule has 0 aliphatic rings. The molecule has 0 aliphatic carbocycles. The largest absolute Gasteiger partial charge is 0.664 e. The quantitative estimate of drug-likeness (QED) is 0.113. The first-order valence-corrected chi connectivity index (χ1v) is 15.4. The molecule has 0 heterocycles. The van der Waals surface area contributed by atoms with E-state index >= 15 is 0 Å². The molecule has 0 atom stereocenters. The molecule has 248 valence electrons. The van der Waals surface area contributed by atoms with Crippen molar-refractivity contribution in [2.45, 2.75) is 59.1 Å². The smallest absolute Gasteiger partial charge is 0.262 e. The molecule has 31 heteroatoms. The van der Waals surface area contributed by atoms with Gasteiger partial charge in [-0.25, -0.2) is 12.3 Å². The molecule has 0 nitrogen and oxygen atoms in total. The second kappa shape index (κ2) is 9.35. The second-order valence-electron chi connectivity index (χ2n) is 7.31. The van der Waals surface area contributed by atoms with Crippen LogP contribution in [-0.4, -0.2) is 83.7 Å². The predicted octanol–water partition coefficient (Wildman–Crippen LogP) is 8.57. The first-order valence-electron chi connectivity index (χ1n) is 8.29. The Balaban J connectivity index is 7.41. The van der Waals surface area contributed by atoms with E-state index in [9.17, 15) is 121 Å². The normalized spacial score (nSPS) is 17.3. The van der Waals surface area contributed by atoms with Gasteiger partial charge < -0.3 is 0 Å². The summed E-state index contributed by atoms with van der Waals surface area (Å²) in [5.41, 5.74) is -9.26. The Kier molecular flexibility index (Phi) is 9.05. The fourth-order valence-corrected chi connectivity index (χ4v) is 10.8. The topological polar surface area (TPSA) is 0 Å². The molecule has 0 radical (unpaired) electrons. The molecule has 0 rings (SSSR count). The van der Waals surface area contributed by atoms with Crippen molar-refractivity contribution in [3.05, 3.63) is 0 Å². The summed E-state index contributed by atoms with van der Waals surface area (Å²) in [7, 11) is -30.9. The molecule has 0 amide bonds. The van der Waals surface area contributed by atoms with Gasteiger partial charge in [0.25, 0.3) is 0 Å². The fraction of sp³-hybridized carbons (Fsp3) is 1.00. The second-order valence-corrected chi connectivity index (χ2v) is 20.1. The number of alkyl halides is 21. The minimum Gasteiger partial charge on any atom is -0.262 e. The van der Waals surface area contributed by atoms with E-state index < -0.39 is 83.7 Å². The molecule has 41 heavy (non-hydrogen) atoms. The Morgan fingerprint density at radius 3 is 0.659 bits per heavy atom. The molecule has 0 saturated carbocycles. The minimum atomic E-state index is -10.9. The summed E-state index contributed by atoms with van der Waals surface area (Å²) in [5, 5.41) is 0. The molecule has 0 aromatic carbocycles. The Hall–Kier alpha value is -1.31. The van der Waals surface area contributed by atoms with Crippen LogP contribution in [0.2, 0.25) is 0 Å². The third kappa shape index (κ3) is 4.58. The number of rotatable bonds is 11. The Bertz CT molecular complexity index is 889. The zero-order valence-electron chi connectivity index (χ0n) is 17.1. The van der Waals surface area contributed by atoms with Gasteiger partial charge in [-0.3, -0.25) is 16.4 Å². The zero-order chi connectivity index (χ0) is 34.5. The predicted molar refractivity (Wildman–Crippen MR) is 75.6 cm³/mol. The van der Waals surface area contributed by atoms with Gasteiger partial charge in [0.1, 0.15) is 0 Å². The standard InChI is InChI=1S/C10F28Si3/c11-1(12,3(15,16)5(19,20)7(23,24)9(27,28)29)2(13,14)4(17,18)6(21,22)8(25,26)10(30,31)39(32,33)41(37,38)40(34,35)36. The summed E-state index contributed by atoms with van der Waals surface area (Å²) in [4.78, 5) is 0. The summed E-state index contributed by atoms with van der Waals surface area (Å²) in [6, 6.07) is 0. The van der Waals surface area contributed by atoms with Crippen molar-refractivity contribution in [2.75, 3.05) is 0 Å².